The largest absolute Gasteiger partial charge is 0.369 e. The van der Waals surface area contributed by atoms with Crippen LogP contribution >= 0.6 is 23.2 Å². The van der Waals surface area contributed by atoms with Gasteiger partial charge in [0.05, 0.1) is 74.0 Å². The smallest absolute Gasteiger partial charge is 0.293 e. The summed E-state index contributed by atoms with van der Waals surface area (Å²) in [5.74, 6) is -10.5. The molecule has 9 amide bonds. The maximum atomic E-state index is 14.4. The number of fused-ring (bicyclic) bond motifs is 4. The van der Waals surface area contributed by atoms with E-state index in [0.29, 0.717) is 223 Å². The SMILES string of the molecule is Cc1ccc(NC(=O)c2c(C)c(C(=O)C(=O)NC3(c4cn[nH]n4)CC3)c3n2CCC3)c(F)c1F.Cc1ccc(NC(=O)c2c(C)c(C(=O)C(=O)NC34CC(C#N)(C3)C4)c3n2CCC3)cc1Cl.Cc1ccc(NC(=O)c2c(C)c(C(=O)C(=O)NC34CC(C(N)=O)(C3)C4)c3n2CCC3)cc1Cl.Cc1cccc(NC(=O)c2c(C)c(C(=O)C(=O)NC3(c4cn[nH]n4)CC3)c3n2CCC3)c1F. The molecule has 38 heteroatoms. The molecule has 12 aliphatic rings. The summed E-state index contributed by atoms with van der Waals surface area (Å²) in [5.41, 5.74) is 13.4. The molecule has 0 radical (unpaired) electrons. The molecule has 0 saturated heterocycles. The lowest BCUT2D eigenvalue weighted by Crippen LogP contribution is -2.78. The maximum absolute atomic E-state index is 14.4. The van der Waals surface area contributed by atoms with Gasteiger partial charge in [-0.1, -0.05) is 53.5 Å². The number of primary amides is 1. The first-order chi connectivity index (χ1) is 62.8. The highest BCUT2D eigenvalue weighted by Gasteiger charge is 2.72. The zero-order chi connectivity index (χ0) is 94.1. The van der Waals surface area contributed by atoms with Crippen LogP contribution < -0.4 is 48.3 Å². The van der Waals surface area contributed by atoms with Crippen LogP contribution in [0.3, 0.4) is 0 Å². The van der Waals surface area contributed by atoms with Crippen LogP contribution in [0.1, 0.15) is 252 Å². The minimum atomic E-state index is -1.16. The average molecular weight is 1840 g/mol. The van der Waals surface area contributed by atoms with Crippen molar-refractivity contribution in [3.05, 3.63) is 230 Å². The number of nitriles is 1. The topological polar surface area (TPSA) is 471 Å². The molecule has 10 heterocycles. The van der Waals surface area contributed by atoms with Gasteiger partial charge in [0.25, 0.3) is 70.4 Å². The Morgan fingerprint density at radius 2 is 0.758 bits per heavy atom. The van der Waals surface area contributed by atoms with Crippen molar-refractivity contribution < 1.29 is 75.5 Å². The van der Waals surface area contributed by atoms with E-state index in [2.05, 4.69) is 79.4 Å². The van der Waals surface area contributed by atoms with E-state index in [1.807, 2.05) is 35.1 Å². The van der Waals surface area contributed by atoms with Gasteiger partial charge in [-0.15, -0.1) is 0 Å². The van der Waals surface area contributed by atoms with Gasteiger partial charge in [-0.05, 0) is 252 Å². The fraction of sp³-hybridized carbons (Fsp3) is 0.383. The van der Waals surface area contributed by atoms with Gasteiger partial charge in [0, 0.05) is 81.5 Å². The van der Waals surface area contributed by atoms with Gasteiger partial charge in [0.1, 0.15) is 40.0 Å². The molecular formula is C94H93Cl2F3N20O13. The molecule has 4 aromatic carbocycles. The first kappa shape index (κ1) is 90.0. The molecule has 682 valence electrons. The highest BCUT2D eigenvalue weighted by molar-refractivity contribution is 6.46. The molecule has 132 heavy (non-hydrogen) atoms. The summed E-state index contributed by atoms with van der Waals surface area (Å²) in [6.45, 7) is 15.7. The Morgan fingerprint density at radius 3 is 1.09 bits per heavy atom. The predicted molar refractivity (Wildman–Crippen MR) is 474 cm³/mol. The van der Waals surface area contributed by atoms with E-state index in [0.717, 1.165) is 36.1 Å². The number of hydrogen-bond donors (Lipinski definition) is 11. The Labute approximate surface area is 762 Å². The number of amides is 9. The number of carbonyl (C=O) groups excluding carboxylic acids is 13. The summed E-state index contributed by atoms with van der Waals surface area (Å²) >= 11 is 12.4. The van der Waals surface area contributed by atoms with E-state index in [-0.39, 0.29) is 62.6 Å². The third-order valence-electron chi connectivity index (χ3n) is 27.6. The Morgan fingerprint density at radius 1 is 0.424 bits per heavy atom. The zero-order valence-electron chi connectivity index (χ0n) is 73.4. The Kier molecular flexibility index (Phi) is 23.0. The number of hydrogen-bond acceptors (Lipinski definition) is 18. The summed E-state index contributed by atoms with van der Waals surface area (Å²) in [7, 11) is 0. The first-order valence-corrected chi connectivity index (χ1v) is 44.3. The van der Waals surface area contributed by atoms with Crippen molar-refractivity contribution in [2.24, 2.45) is 16.6 Å². The molecule has 8 saturated carbocycles. The van der Waals surface area contributed by atoms with Crippen molar-refractivity contribution in [2.45, 2.75) is 219 Å². The second kappa shape index (κ2) is 33.8. The minimum Gasteiger partial charge on any atom is -0.369 e. The lowest BCUT2D eigenvalue weighted by atomic mass is 9.39. The highest BCUT2D eigenvalue weighted by atomic mass is 35.5. The van der Waals surface area contributed by atoms with E-state index in [1.165, 1.54) is 37.5 Å². The molecule has 8 aliphatic carbocycles. The van der Waals surface area contributed by atoms with Crippen LogP contribution in [-0.4, -0.2) is 136 Å². The number of aromatic amines is 2. The number of nitrogens with two attached hydrogens (primary N) is 1. The molecule has 4 aliphatic heterocycles. The molecule has 0 atom stereocenters. The number of benzene rings is 4. The lowest BCUT2D eigenvalue weighted by molar-refractivity contribution is -0.179. The standard InChI is InChI=1S/C24H25ClN4O4.C24H23ClN4O3.C23H22F2N6O3.C23H23FN6O3/c1-12-5-6-14(8-15(12)25)27-20(31)18-13(2)17(16-4-3-7-29(16)18)19(30)21(32)28-24-9-23(10-24,11-24)22(26)33;1-13-5-6-15(8-16(13)25)27-21(31)19-14(2)18(17-4-3-7-29(17)19)20(30)22(32)28-24-9-23(10-24,11-24)12-26;1-11-5-6-13(18(25)17(11)24)27-21(33)19-12(2)16(14-4-3-9-31(14)19)20(32)22(34)28-23(7-8-23)15-10-26-30-29-15;1-12-5-3-6-14(18(12)24)26-21(32)19-13(2)17(15-7-4-10-30(15)19)20(31)22(33)27-23(8-9-23)16-11-25-29-28-16/h5-6,8H,3-4,7,9-11H2,1-2H3,(H2,26,33)(H,27,31)(H,28,32);5-6,8H,3-4,7,9-11H2,1-2H3,(H,27,31)(H,28,32);5-6,10H,3-4,7-9H2,1-2H3,(H,27,33)(H,28,34)(H,26,29,30);3,5-6,11H,4,7-10H2,1-2H3,(H,26,32)(H,27,33)(H,25,28,29). The van der Waals surface area contributed by atoms with Gasteiger partial charge in [-0.2, -0.15) is 36.1 Å². The van der Waals surface area contributed by atoms with E-state index in [1.54, 1.807) is 80.2 Å². The molecule has 6 aromatic heterocycles. The van der Waals surface area contributed by atoms with E-state index in [9.17, 15) is 80.8 Å². The number of anilines is 4. The van der Waals surface area contributed by atoms with Gasteiger partial charge in [0.15, 0.2) is 11.6 Å². The Bertz CT molecular complexity index is 6700. The van der Waals surface area contributed by atoms with Gasteiger partial charge in [0.2, 0.25) is 5.91 Å². The number of ketones is 4. The van der Waals surface area contributed by atoms with Gasteiger partial charge >= 0.3 is 0 Å². The fourth-order valence-corrected chi connectivity index (χ4v) is 21.0. The third-order valence-corrected chi connectivity index (χ3v) is 28.5. The highest BCUT2D eigenvalue weighted by Crippen LogP contribution is 2.68. The van der Waals surface area contributed by atoms with Crippen molar-refractivity contribution in [2.75, 3.05) is 21.3 Å². The quantitative estimate of drug-likeness (QED) is 0.0209. The van der Waals surface area contributed by atoms with Crippen LogP contribution in [0, 0.1) is 95.0 Å². The summed E-state index contributed by atoms with van der Waals surface area (Å²) in [6.07, 6.45) is 14.3. The van der Waals surface area contributed by atoms with Crippen molar-refractivity contribution in [3.8, 4) is 6.07 Å². The number of aromatic nitrogens is 10. The summed E-state index contributed by atoms with van der Waals surface area (Å²) in [5, 5.41) is 52.9. The molecule has 33 nitrogen and oxygen atoms in total. The number of H-pyrrole nitrogens is 2. The predicted octanol–water partition coefficient (Wildman–Crippen LogP) is 11.6. The van der Waals surface area contributed by atoms with Gasteiger partial charge in [-0.25, -0.2) is 13.2 Å². The first-order valence-electron chi connectivity index (χ1n) is 43.6. The van der Waals surface area contributed by atoms with Gasteiger partial charge in [-0.3, -0.25) is 62.3 Å². The summed E-state index contributed by atoms with van der Waals surface area (Å²) in [4.78, 5) is 168. The molecule has 0 unspecified atom stereocenters. The van der Waals surface area contributed by atoms with E-state index < -0.39 is 104 Å². The van der Waals surface area contributed by atoms with Crippen molar-refractivity contribution in [3.63, 3.8) is 0 Å². The number of Topliss-reactive ketones (excluding diaryl/α,β-unsaturated/α-hetero) is 4. The van der Waals surface area contributed by atoms with Crippen molar-refractivity contribution in [1.29, 1.82) is 5.26 Å². The number of carbonyl (C=O) groups is 13. The van der Waals surface area contributed by atoms with E-state index in [4.69, 9.17) is 28.9 Å². The number of nitrogens with one attached hydrogen (secondary N) is 10. The summed E-state index contributed by atoms with van der Waals surface area (Å²) in [6, 6.07) is 20.3. The third kappa shape index (κ3) is 15.8. The van der Waals surface area contributed by atoms with Crippen LogP contribution in [0.5, 0.6) is 0 Å². The van der Waals surface area contributed by atoms with E-state index >= 15 is 0 Å². The normalized spacial score (nSPS) is 20.0. The molecule has 4 bridgehead atoms. The second-order valence-electron chi connectivity index (χ2n) is 36.6. The molecule has 12 N–H and O–H groups in total. The molecule has 10 aromatic rings. The van der Waals surface area contributed by atoms with Crippen molar-refractivity contribution >= 4 is 122 Å². The number of nitrogens with zero attached hydrogens (tertiary/aromatic N) is 9. The maximum Gasteiger partial charge on any atom is 0.293 e. The number of aryl methyl sites for hydroxylation is 4. The van der Waals surface area contributed by atoms with Crippen LogP contribution in [0.2, 0.25) is 10.0 Å². The molecule has 0 spiro atoms. The number of rotatable bonds is 23. The Balaban J connectivity index is 0.000000123. The molecule has 22 rings (SSSR count). The molecule has 8 fully saturated rings. The lowest BCUT2D eigenvalue weighted by Gasteiger charge is -2.68. The Hall–Kier alpha value is -14.0. The summed E-state index contributed by atoms with van der Waals surface area (Å²) < 4.78 is 49.8. The molecular weight excluding hydrogens is 1750 g/mol. The van der Waals surface area contributed by atoms with Crippen LogP contribution in [0.15, 0.2) is 79.1 Å². The minimum absolute atomic E-state index is 0.0712. The van der Waals surface area contributed by atoms with Crippen LogP contribution in [-0.2, 0) is 86.9 Å². The van der Waals surface area contributed by atoms with Gasteiger partial charge < -0.3 is 66.5 Å². The zero-order valence-corrected chi connectivity index (χ0v) is 74.9. The van der Waals surface area contributed by atoms with Crippen LogP contribution in [0.25, 0.3) is 0 Å². The van der Waals surface area contributed by atoms with Crippen molar-refractivity contribution in [1.82, 2.24) is 70.4 Å². The van der Waals surface area contributed by atoms with Crippen LogP contribution in [0.4, 0.5) is 35.9 Å². The fourth-order valence-electron chi connectivity index (χ4n) is 20.6. The average Bonchev–Trinajstić information content (AvgIpc) is 1.77. The number of halogens is 5. The monoisotopic (exact) mass is 1840 g/mol. The second-order valence-corrected chi connectivity index (χ2v) is 37.4.